The molecule has 3 aromatic carbocycles. The minimum absolute atomic E-state index is 0.0902. The molecular formula is C19H14N10. The Hall–Kier alpha value is -4.47. The van der Waals surface area contributed by atoms with Crippen LogP contribution in [-0.2, 0) is 0 Å². The van der Waals surface area contributed by atoms with Crippen molar-refractivity contribution in [2.24, 2.45) is 0 Å². The van der Waals surface area contributed by atoms with Crippen molar-refractivity contribution < 1.29 is 0 Å². The fourth-order valence-corrected chi connectivity index (χ4v) is 2.93. The molecule has 0 aliphatic rings. The quantitative estimate of drug-likeness (QED) is 0.307. The molecule has 0 amide bonds. The fraction of sp³-hybridized carbons (Fsp3) is 0. The van der Waals surface area contributed by atoms with Gasteiger partial charge in [-0.15, -0.1) is 10.2 Å². The first kappa shape index (κ1) is 16.7. The van der Waals surface area contributed by atoms with E-state index in [1.54, 1.807) is 0 Å². The summed E-state index contributed by atoms with van der Waals surface area (Å²) in [6, 6.07) is 22.7. The van der Waals surface area contributed by atoms with Gasteiger partial charge in [-0.3, -0.25) is 5.41 Å². The molecule has 0 aliphatic carbocycles. The van der Waals surface area contributed by atoms with Crippen molar-refractivity contribution >= 4 is 39.1 Å². The van der Waals surface area contributed by atoms with Crippen molar-refractivity contribution in [1.29, 1.82) is 5.41 Å². The van der Waals surface area contributed by atoms with Crippen molar-refractivity contribution in [2.45, 2.75) is 0 Å². The van der Waals surface area contributed by atoms with Gasteiger partial charge in [-0.25, -0.2) is 0 Å². The molecule has 6 aromatic rings. The Balaban J connectivity index is 0.000000168. The Morgan fingerprint density at radius 1 is 0.621 bits per heavy atom. The molecule has 2 N–H and O–H groups in total. The van der Waals surface area contributed by atoms with E-state index in [4.69, 9.17) is 5.41 Å². The summed E-state index contributed by atoms with van der Waals surface area (Å²) in [5.41, 5.74) is 4.83. The largest absolute Gasteiger partial charge is 0.265 e. The molecule has 0 radical (unpaired) electrons. The summed E-state index contributed by atoms with van der Waals surface area (Å²) in [7, 11) is 0. The van der Waals surface area contributed by atoms with E-state index < -0.39 is 0 Å². The smallest absolute Gasteiger partial charge is 0.248 e. The maximum Gasteiger partial charge on any atom is 0.248 e. The van der Waals surface area contributed by atoms with Crippen molar-refractivity contribution in [3.63, 3.8) is 0 Å². The molecule has 0 spiro atoms. The summed E-state index contributed by atoms with van der Waals surface area (Å²) >= 11 is 0. The predicted octanol–water partition coefficient (Wildman–Crippen LogP) is 2.47. The minimum Gasteiger partial charge on any atom is -0.265 e. The second kappa shape index (κ2) is 6.93. The van der Waals surface area contributed by atoms with Crippen molar-refractivity contribution in [3.8, 4) is 0 Å². The number of nitrogens with zero attached hydrogens (tertiary/aromatic N) is 8. The first-order chi connectivity index (χ1) is 14.3. The van der Waals surface area contributed by atoms with Crippen LogP contribution in [0.4, 0.5) is 0 Å². The summed E-state index contributed by atoms with van der Waals surface area (Å²) in [4.78, 5) is 0. The normalized spacial score (nSPS) is 10.9. The minimum atomic E-state index is 0.0902. The van der Waals surface area contributed by atoms with Crippen LogP contribution >= 0.6 is 0 Å². The highest BCUT2D eigenvalue weighted by Gasteiger charge is 2.14. The summed E-state index contributed by atoms with van der Waals surface area (Å²) in [6.07, 6.45) is 0. The van der Waals surface area contributed by atoms with Gasteiger partial charge in [0.2, 0.25) is 5.96 Å². The van der Waals surface area contributed by atoms with Crippen LogP contribution in [0.1, 0.15) is 0 Å². The lowest BCUT2D eigenvalue weighted by Crippen LogP contribution is -2.22. The summed E-state index contributed by atoms with van der Waals surface area (Å²) < 4.78 is 2.88. The van der Waals surface area contributed by atoms with Crippen LogP contribution in [0.5, 0.6) is 0 Å². The first-order valence-electron chi connectivity index (χ1n) is 8.77. The molecule has 29 heavy (non-hydrogen) atoms. The van der Waals surface area contributed by atoms with E-state index in [-0.39, 0.29) is 5.96 Å². The number of aromatic nitrogens is 9. The highest BCUT2D eigenvalue weighted by atomic mass is 15.6. The number of aromatic amines is 1. The van der Waals surface area contributed by atoms with Crippen LogP contribution in [0.15, 0.2) is 72.8 Å². The number of hydrogen-bond donors (Lipinski definition) is 2. The van der Waals surface area contributed by atoms with Crippen LogP contribution in [0, 0.1) is 5.41 Å². The van der Waals surface area contributed by atoms with Crippen LogP contribution in [0.25, 0.3) is 33.1 Å². The molecule has 0 saturated carbocycles. The first-order valence-corrected chi connectivity index (χ1v) is 8.77. The van der Waals surface area contributed by atoms with Crippen LogP contribution in [0.3, 0.4) is 0 Å². The predicted molar refractivity (Wildman–Crippen MR) is 107 cm³/mol. The van der Waals surface area contributed by atoms with Crippen molar-refractivity contribution in [2.75, 3.05) is 0 Å². The molecule has 0 atom stereocenters. The Labute approximate surface area is 163 Å². The highest BCUT2D eigenvalue weighted by Crippen LogP contribution is 2.13. The van der Waals surface area contributed by atoms with Gasteiger partial charge in [0.15, 0.2) is 0 Å². The lowest BCUT2D eigenvalue weighted by Gasteiger charge is -2.04. The molecule has 3 heterocycles. The van der Waals surface area contributed by atoms with E-state index in [2.05, 4.69) is 36.0 Å². The third-order valence-corrected chi connectivity index (χ3v) is 4.33. The lowest BCUT2D eigenvalue weighted by molar-refractivity contribution is 0.766. The molecule has 0 saturated heterocycles. The van der Waals surface area contributed by atoms with Crippen LogP contribution < -0.4 is 0 Å². The molecule has 10 nitrogen and oxygen atoms in total. The molecule has 6 rings (SSSR count). The van der Waals surface area contributed by atoms with Gasteiger partial charge in [-0.1, -0.05) is 46.8 Å². The van der Waals surface area contributed by atoms with Gasteiger partial charge in [-0.2, -0.15) is 24.8 Å². The van der Waals surface area contributed by atoms with E-state index >= 15 is 0 Å². The number of H-pyrrole nitrogens is 1. The topological polar surface area (TPSA) is 127 Å². The number of benzene rings is 3. The number of fused-ring (bicyclic) bond motifs is 3. The Kier molecular flexibility index (Phi) is 3.98. The Bertz CT molecular complexity index is 1340. The summed E-state index contributed by atoms with van der Waals surface area (Å²) in [5.74, 6) is 0.0902. The van der Waals surface area contributed by atoms with Crippen molar-refractivity contribution in [3.05, 3.63) is 72.8 Å². The van der Waals surface area contributed by atoms with E-state index in [0.29, 0.717) is 0 Å². The number of hydrogen-bond acceptors (Lipinski definition) is 7. The summed E-state index contributed by atoms with van der Waals surface area (Å²) in [5, 5.41) is 34.7. The van der Waals surface area contributed by atoms with Crippen molar-refractivity contribution in [1.82, 2.24) is 45.4 Å². The van der Waals surface area contributed by atoms with Gasteiger partial charge in [0, 0.05) is 0 Å². The molecule has 10 heteroatoms. The Morgan fingerprint density at radius 2 is 1.03 bits per heavy atom. The third-order valence-electron chi connectivity index (χ3n) is 4.33. The van der Waals surface area contributed by atoms with Gasteiger partial charge >= 0.3 is 0 Å². The van der Waals surface area contributed by atoms with Gasteiger partial charge in [0.25, 0.3) is 0 Å². The maximum atomic E-state index is 8.29. The fourth-order valence-electron chi connectivity index (χ4n) is 2.93. The highest BCUT2D eigenvalue weighted by molar-refractivity contribution is 5.94. The van der Waals surface area contributed by atoms with E-state index in [9.17, 15) is 0 Å². The van der Waals surface area contributed by atoms with Crippen LogP contribution in [0.2, 0.25) is 0 Å². The van der Waals surface area contributed by atoms with E-state index in [0.717, 1.165) is 33.1 Å². The molecule has 0 unspecified atom stereocenters. The molecule has 0 fully saturated rings. The molecule has 140 valence electrons. The molecule has 0 bridgehead atoms. The monoisotopic (exact) mass is 382 g/mol. The van der Waals surface area contributed by atoms with Gasteiger partial charge in [-0.05, 0) is 36.4 Å². The number of nitrogens with one attached hydrogen (secondary N) is 2. The zero-order valence-electron chi connectivity index (χ0n) is 15.0. The number of para-hydroxylation sites is 4. The maximum absolute atomic E-state index is 8.29. The Morgan fingerprint density at radius 3 is 1.52 bits per heavy atom. The van der Waals surface area contributed by atoms with Gasteiger partial charge < -0.3 is 0 Å². The van der Waals surface area contributed by atoms with Crippen LogP contribution in [-0.4, -0.2) is 51.4 Å². The second-order valence-corrected chi connectivity index (χ2v) is 6.12. The molecule has 3 aromatic heterocycles. The standard InChI is InChI=1S/C13H9N7.C6H5N3/c14-13(19-11-7-3-1-5-9(11)15-17-19)20-12-8-4-2-6-10(12)16-18-20;1-2-4-6-5(3-1)7-9-8-6/h1-8,14H;1-4H,(H,7,8,9). The molecular weight excluding hydrogens is 368 g/mol. The zero-order valence-corrected chi connectivity index (χ0v) is 15.0. The number of rotatable bonds is 0. The average molecular weight is 382 g/mol. The zero-order chi connectivity index (χ0) is 19.6. The molecule has 0 aliphatic heterocycles. The van der Waals surface area contributed by atoms with E-state index in [1.165, 1.54) is 9.36 Å². The SMILES string of the molecule is N=C(n1nnc2ccccc21)n1nnc2ccccc21.c1ccc2n[nH]nc2c1. The third kappa shape index (κ3) is 2.98. The second-order valence-electron chi connectivity index (χ2n) is 6.12. The van der Waals surface area contributed by atoms with Gasteiger partial charge in [0.1, 0.15) is 22.1 Å². The average Bonchev–Trinajstić information content (AvgIpc) is 3.51. The lowest BCUT2D eigenvalue weighted by atomic mass is 10.3. The summed E-state index contributed by atoms with van der Waals surface area (Å²) in [6.45, 7) is 0. The van der Waals surface area contributed by atoms with E-state index in [1.807, 2.05) is 72.8 Å². The van der Waals surface area contributed by atoms with Gasteiger partial charge in [0.05, 0.1) is 11.0 Å².